The number of rotatable bonds is 4. The summed E-state index contributed by atoms with van der Waals surface area (Å²) in [6, 6.07) is 7.88. The SMILES string of the molecule is CC1CC(C)C(C)N(CCC(=O)c2ccccc2Cl)C1. The highest BCUT2D eigenvalue weighted by atomic mass is 35.5. The lowest BCUT2D eigenvalue weighted by Gasteiger charge is -2.41. The highest BCUT2D eigenvalue weighted by Crippen LogP contribution is 2.27. The van der Waals surface area contributed by atoms with Gasteiger partial charge in [0.05, 0.1) is 5.02 Å². The monoisotopic (exact) mass is 293 g/mol. The Bertz CT molecular complexity index is 474. The van der Waals surface area contributed by atoms with E-state index < -0.39 is 0 Å². The molecule has 3 atom stereocenters. The summed E-state index contributed by atoms with van der Waals surface area (Å²) in [5.74, 6) is 1.57. The molecule has 3 unspecified atom stereocenters. The van der Waals surface area contributed by atoms with E-state index in [0.717, 1.165) is 19.0 Å². The molecule has 3 heteroatoms. The Morgan fingerprint density at radius 2 is 2.00 bits per heavy atom. The van der Waals surface area contributed by atoms with Gasteiger partial charge in [-0.25, -0.2) is 0 Å². The second-order valence-electron chi connectivity index (χ2n) is 6.21. The summed E-state index contributed by atoms with van der Waals surface area (Å²) in [7, 11) is 0. The van der Waals surface area contributed by atoms with Gasteiger partial charge in [-0.2, -0.15) is 0 Å². The molecule has 0 saturated carbocycles. The number of Topliss-reactive ketones (excluding diaryl/α,β-unsaturated/α-hetero) is 1. The lowest BCUT2D eigenvalue weighted by atomic mass is 9.86. The van der Waals surface area contributed by atoms with Crippen LogP contribution in [-0.4, -0.2) is 29.8 Å². The molecule has 0 radical (unpaired) electrons. The van der Waals surface area contributed by atoms with Crippen LogP contribution in [0.4, 0.5) is 0 Å². The van der Waals surface area contributed by atoms with Crippen molar-refractivity contribution >= 4 is 17.4 Å². The van der Waals surface area contributed by atoms with Gasteiger partial charge in [0.15, 0.2) is 5.78 Å². The van der Waals surface area contributed by atoms with Gasteiger partial charge in [-0.05, 0) is 37.3 Å². The van der Waals surface area contributed by atoms with E-state index in [9.17, 15) is 4.79 Å². The average molecular weight is 294 g/mol. The van der Waals surface area contributed by atoms with Crippen molar-refractivity contribution in [2.24, 2.45) is 11.8 Å². The van der Waals surface area contributed by atoms with Crippen LogP contribution in [0.15, 0.2) is 24.3 Å². The van der Waals surface area contributed by atoms with Crippen LogP contribution in [0.3, 0.4) is 0 Å². The quantitative estimate of drug-likeness (QED) is 0.772. The van der Waals surface area contributed by atoms with E-state index in [1.54, 1.807) is 6.07 Å². The minimum atomic E-state index is 0.147. The number of nitrogens with zero attached hydrogens (tertiary/aromatic N) is 1. The number of carbonyl (C=O) groups excluding carboxylic acids is 1. The van der Waals surface area contributed by atoms with Gasteiger partial charge in [-0.1, -0.05) is 37.6 Å². The highest BCUT2D eigenvalue weighted by Gasteiger charge is 2.28. The second-order valence-corrected chi connectivity index (χ2v) is 6.61. The van der Waals surface area contributed by atoms with Gasteiger partial charge >= 0.3 is 0 Å². The molecule has 0 spiro atoms. The molecule has 0 N–H and O–H groups in total. The summed E-state index contributed by atoms with van der Waals surface area (Å²) in [4.78, 5) is 14.7. The predicted octanol–water partition coefficient (Wildman–Crippen LogP) is 4.28. The van der Waals surface area contributed by atoms with Crippen LogP contribution in [0, 0.1) is 11.8 Å². The molecule has 20 heavy (non-hydrogen) atoms. The van der Waals surface area contributed by atoms with Crippen molar-refractivity contribution in [1.82, 2.24) is 4.90 Å². The van der Waals surface area contributed by atoms with Crippen molar-refractivity contribution in [3.8, 4) is 0 Å². The zero-order chi connectivity index (χ0) is 14.7. The van der Waals surface area contributed by atoms with Gasteiger partial charge in [0.2, 0.25) is 0 Å². The van der Waals surface area contributed by atoms with E-state index in [0.29, 0.717) is 29.0 Å². The fraction of sp³-hybridized carbons (Fsp3) is 0.588. The Kier molecular flexibility index (Phi) is 5.22. The normalized spacial score (nSPS) is 27.5. The van der Waals surface area contributed by atoms with Crippen molar-refractivity contribution in [2.45, 2.75) is 39.7 Å². The molecule has 2 nitrogen and oxygen atoms in total. The second kappa shape index (κ2) is 6.73. The maximum absolute atomic E-state index is 12.3. The number of halogens is 1. The molecule has 1 aliphatic heterocycles. The van der Waals surface area contributed by atoms with E-state index in [4.69, 9.17) is 11.6 Å². The standard InChI is InChI=1S/C17H24ClNO/c1-12-10-13(2)14(3)19(11-12)9-8-17(20)15-6-4-5-7-16(15)18/h4-7,12-14H,8-11H2,1-3H3. The van der Waals surface area contributed by atoms with Gasteiger partial charge in [0, 0.05) is 31.1 Å². The number of likely N-dealkylation sites (tertiary alicyclic amines) is 1. The molecule has 1 aromatic rings. The number of benzene rings is 1. The van der Waals surface area contributed by atoms with Gasteiger partial charge in [0.25, 0.3) is 0 Å². The van der Waals surface area contributed by atoms with E-state index >= 15 is 0 Å². The summed E-state index contributed by atoms with van der Waals surface area (Å²) in [6.45, 7) is 8.81. The number of ketones is 1. The lowest BCUT2D eigenvalue weighted by Crippen LogP contribution is -2.46. The van der Waals surface area contributed by atoms with Crippen LogP contribution in [0.1, 0.15) is 44.0 Å². The Balaban J connectivity index is 1.95. The Hall–Kier alpha value is -0.860. The first kappa shape index (κ1) is 15.5. The van der Waals surface area contributed by atoms with E-state index in [2.05, 4.69) is 25.7 Å². The zero-order valence-corrected chi connectivity index (χ0v) is 13.4. The minimum absolute atomic E-state index is 0.147. The van der Waals surface area contributed by atoms with Crippen molar-refractivity contribution in [1.29, 1.82) is 0 Å². The van der Waals surface area contributed by atoms with E-state index in [-0.39, 0.29) is 5.78 Å². The molecule has 0 aliphatic carbocycles. The topological polar surface area (TPSA) is 20.3 Å². The molecule has 1 fully saturated rings. The molecule has 110 valence electrons. The van der Waals surface area contributed by atoms with Crippen LogP contribution in [-0.2, 0) is 0 Å². The van der Waals surface area contributed by atoms with Gasteiger partial charge in [-0.15, -0.1) is 0 Å². The molecule has 1 aliphatic rings. The zero-order valence-electron chi connectivity index (χ0n) is 12.6. The van der Waals surface area contributed by atoms with Crippen molar-refractivity contribution < 1.29 is 4.79 Å². The maximum Gasteiger partial charge on any atom is 0.165 e. The molecular weight excluding hydrogens is 270 g/mol. The van der Waals surface area contributed by atoms with Crippen LogP contribution in [0.2, 0.25) is 5.02 Å². The van der Waals surface area contributed by atoms with Gasteiger partial charge in [-0.3, -0.25) is 9.69 Å². The molecule has 1 aromatic carbocycles. The predicted molar refractivity (Wildman–Crippen MR) is 84.4 cm³/mol. The van der Waals surface area contributed by atoms with E-state index in [1.807, 2.05) is 18.2 Å². The van der Waals surface area contributed by atoms with Crippen molar-refractivity contribution in [2.75, 3.05) is 13.1 Å². The summed E-state index contributed by atoms with van der Waals surface area (Å²) in [5.41, 5.74) is 0.653. The van der Waals surface area contributed by atoms with Crippen LogP contribution < -0.4 is 0 Å². The maximum atomic E-state index is 12.3. The highest BCUT2D eigenvalue weighted by molar-refractivity contribution is 6.33. The molecular formula is C17H24ClNO. The van der Waals surface area contributed by atoms with Gasteiger partial charge in [0.1, 0.15) is 0 Å². The summed E-state index contributed by atoms with van der Waals surface area (Å²) < 4.78 is 0. The fourth-order valence-electron chi connectivity index (χ4n) is 3.19. The minimum Gasteiger partial charge on any atom is -0.300 e. The molecule has 1 saturated heterocycles. The summed E-state index contributed by atoms with van der Waals surface area (Å²) in [6.07, 6.45) is 1.84. The largest absolute Gasteiger partial charge is 0.300 e. The molecule has 0 aromatic heterocycles. The number of piperidine rings is 1. The Labute approximate surface area is 127 Å². The van der Waals surface area contributed by atoms with Crippen LogP contribution in [0.25, 0.3) is 0 Å². The van der Waals surface area contributed by atoms with Gasteiger partial charge < -0.3 is 0 Å². The fourth-order valence-corrected chi connectivity index (χ4v) is 3.44. The number of carbonyl (C=O) groups is 1. The Morgan fingerprint density at radius 3 is 2.70 bits per heavy atom. The lowest BCUT2D eigenvalue weighted by molar-refractivity contribution is 0.0721. The molecule has 2 rings (SSSR count). The summed E-state index contributed by atoms with van der Waals surface area (Å²) >= 11 is 6.08. The number of hydrogen-bond acceptors (Lipinski definition) is 2. The molecule has 0 amide bonds. The van der Waals surface area contributed by atoms with Crippen molar-refractivity contribution in [3.63, 3.8) is 0 Å². The third-order valence-corrected chi connectivity index (χ3v) is 4.85. The summed E-state index contributed by atoms with van der Waals surface area (Å²) in [5, 5.41) is 0.561. The van der Waals surface area contributed by atoms with E-state index in [1.165, 1.54) is 6.42 Å². The first-order valence-electron chi connectivity index (χ1n) is 7.50. The average Bonchev–Trinajstić information content (AvgIpc) is 2.41. The third kappa shape index (κ3) is 3.62. The first-order chi connectivity index (χ1) is 9.49. The molecule has 0 bridgehead atoms. The number of hydrogen-bond donors (Lipinski definition) is 0. The Morgan fingerprint density at radius 1 is 1.30 bits per heavy atom. The van der Waals surface area contributed by atoms with Crippen molar-refractivity contribution in [3.05, 3.63) is 34.9 Å². The van der Waals surface area contributed by atoms with Crippen LogP contribution >= 0.6 is 11.6 Å². The smallest absolute Gasteiger partial charge is 0.165 e. The third-order valence-electron chi connectivity index (χ3n) is 4.52. The van der Waals surface area contributed by atoms with Crippen LogP contribution in [0.5, 0.6) is 0 Å². The molecule has 1 heterocycles. The first-order valence-corrected chi connectivity index (χ1v) is 7.88.